The minimum Gasteiger partial charge on any atom is -0.312 e. The SMILES string of the molecule is CC(C)CNCc1ccc2cnccc2c1. The fourth-order valence-corrected chi connectivity index (χ4v) is 1.75. The molecule has 1 aromatic carbocycles. The van der Waals surface area contributed by atoms with Gasteiger partial charge in [-0.3, -0.25) is 4.98 Å². The zero-order valence-corrected chi connectivity index (χ0v) is 9.90. The van der Waals surface area contributed by atoms with Crippen molar-refractivity contribution in [3.05, 3.63) is 42.2 Å². The molecule has 2 nitrogen and oxygen atoms in total. The Hall–Kier alpha value is -1.41. The Labute approximate surface area is 96.7 Å². The molecule has 16 heavy (non-hydrogen) atoms. The van der Waals surface area contributed by atoms with Crippen molar-refractivity contribution in [3.8, 4) is 0 Å². The van der Waals surface area contributed by atoms with Crippen molar-refractivity contribution >= 4 is 10.8 Å². The number of aromatic nitrogens is 1. The number of fused-ring (bicyclic) bond motifs is 1. The molecule has 0 unspecified atom stereocenters. The summed E-state index contributed by atoms with van der Waals surface area (Å²) >= 11 is 0. The Bertz CT molecular complexity index is 463. The van der Waals surface area contributed by atoms with Crippen LogP contribution in [0.3, 0.4) is 0 Å². The molecule has 1 N–H and O–H groups in total. The molecule has 0 saturated carbocycles. The summed E-state index contributed by atoms with van der Waals surface area (Å²) in [6.07, 6.45) is 3.74. The summed E-state index contributed by atoms with van der Waals surface area (Å²) < 4.78 is 0. The summed E-state index contributed by atoms with van der Waals surface area (Å²) in [6, 6.07) is 8.58. The average molecular weight is 214 g/mol. The first kappa shape index (κ1) is 11.1. The van der Waals surface area contributed by atoms with E-state index >= 15 is 0 Å². The zero-order chi connectivity index (χ0) is 11.4. The third-order valence-electron chi connectivity index (χ3n) is 2.59. The lowest BCUT2D eigenvalue weighted by atomic mass is 10.1. The monoisotopic (exact) mass is 214 g/mol. The van der Waals surface area contributed by atoms with Gasteiger partial charge in [-0.1, -0.05) is 26.0 Å². The van der Waals surface area contributed by atoms with Crippen LogP contribution in [0.4, 0.5) is 0 Å². The summed E-state index contributed by atoms with van der Waals surface area (Å²) in [5.74, 6) is 0.699. The highest BCUT2D eigenvalue weighted by atomic mass is 14.8. The van der Waals surface area contributed by atoms with Crippen LogP contribution >= 0.6 is 0 Å². The highest BCUT2D eigenvalue weighted by Gasteiger charge is 1.97. The van der Waals surface area contributed by atoms with Crippen LogP contribution in [0.1, 0.15) is 19.4 Å². The van der Waals surface area contributed by atoms with E-state index in [1.807, 2.05) is 12.4 Å². The standard InChI is InChI=1S/C14H18N2/c1-11(2)8-16-9-12-3-4-14-10-15-6-5-13(14)7-12/h3-7,10-11,16H,8-9H2,1-2H3. The van der Waals surface area contributed by atoms with Gasteiger partial charge in [0.1, 0.15) is 0 Å². The molecular weight excluding hydrogens is 196 g/mol. The summed E-state index contributed by atoms with van der Waals surface area (Å²) in [5, 5.41) is 5.92. The number of hydrogen-bond acceptors (Lipinski definition) is 2. The van der Waals surface area contributed by atoms with Gasteiger partial charge < -0.3 is 5.32 Å². The number of rotatable bonds is 4. The molecule has 0 spiro atoms. The minimum atomic E-state index is 0.699. The van der Waals surface area contributed by atoms with E-state index in [1.165, 1.54) is 16.3 Å². The molecule has 0 atom stereocenters. The lowest BCUT2D eigenvalue weighted by Gasteiger charge is -2.08. The normalized spacial score (nSPS) is 11.2. The second-order valence-corrected chi connectivity index (χ2v) is 4.58. The van der Waals surface area contributed by atoms with Gasteiger partial charge >= 0.3 is 0 Å². The number of nitrogens with zero attached hydrogens (tertiary/aromatic N) is 1. The van der Waals surface area contributed by atoms with Crippen LogP contribution in [-0.2, 0) is 6.54 Å². The molecule has 1 heterocycles. The van der Waals surface area contributed by atoms with Gasteiger partial charge in [-0.2, -0.15) is 0 Å². The second kappa shape index (κ2) is 5.08. The van der Waals surface area contributed by atoms with Gasteiger partial charge in [0.2, 0.25) is 0 Å². The molecule has 0 bridgehead atoms. The molecule has 0 fully saturated rings. The van der Waals surface area contributed by atoms with Gasteiger partial charge in [0.15, 0.2) is 0 Å². The van der Waals surface area contributed by atoms with Crippen LogP contribution in [0.15, 0.2) is 36.7 Å². The van der Waals surface area contributed by atoms with E-state index in [0.29, 0.717) is 5.92 Å². The van der Waals surface area contributed by atoms with Crippen molar-refractivity contribution in [1.82, 2.24) is 10.3 Å². The van der Waals surface area contributed by atoms with Gasteiger partial charge in [0.25, 0.3) is 0 Å². The quantitative estimate of drug-likeness (QED) is 0.846. The molecule has 0 aliphatic rings. The molecular formula is C14H18N2. The molecule has 0 radical (unpaired) electrons. The molecule has 1 aromatic heterocycles. The van der Waals surface area contributed by atoms with Gasteiger partial charge in [-0.05, 0) is 35.5 Å². The smallest absolute Gasteiger partial charge is 0.0346 e. The maximum absolute atomic E-state index is 4.11. The largest absolute Gasteiger partial charge is 0.312 e. The molecule has 2 rings (SSSR count). The van der Waals surface area contributed by atoms with Gasteiger partial charge in [0, 0.05) is 24.3 Å². The zero-order valence-electron chi connectivity index (χ0n) is 9.90. The van der Waals surface area contributed by atoms with E-state index < -0.39 is 0 Å². The fraction of sp³-hybridized carbons (Fsp3) is 0.357. The van der Waals surface area contributed by atoms with Crippen LogP contribution in [0.5, 0.6) is 0 Å². The van der Waals surface area contributed by atoms with E-state index in [9.17, 15) is 0 Å². The van der Waals surface area contributed by atoms with Gasteiger partial charge in [0.05, 0.1) is 0 Å². The Morgan fingerprint density at radius 2 is 2.06 bits per heavy atom. The lowest BCUT2D eigenvalue weighted by Crippen LogP contribution is -2.18. The molecule has 84 valence electrons. The first-order valence-corrected chi connectivity index (χ1v) is 5.79. The third-order valence-corrected chi connectivity index (χ3v) is 2.59. The van der Waals surface area contributed by atoms with Crippen LogP contribution in [0.25, 0.3) is 10.8 Å². The number of pyridine rings is 1. The molecule has 0 aliphatic carbocycles. The van der Waals surface area contributed by atoms with E-state index in [0.717, 1.165) is 13.1 Å². The Morgan fingerprint density at radius 1 is 1.19 bits per heavy atom. The van der Waals surface area contributed by atoms with Crippen molar-refractivity contribution in [1.29, 1.82) is 0 Å². The van der Waals surface area contributed by atoms with Crippen LogP contribution in [-0.4, -0.2) is 11.5 Å². The Morgan fingerprint density at radius 3 is 2.88 bits per heavy atom. The van der Waals surface area contributed by atoms with Crippen molar-refractivity contribution in [2.24, 2.45) is 5.92 Å². The average Bonchev–Trinajstić information content (AvgIpc) is 2.28. The minimum absolute atomic E-state index is 0.699. The topological polar surface area (TPSA) is 24.9 Å². The van der Waals surface area contributed by atoms with Crippen molar-refractivity contribution in [2.75, 3.05) is 6.54 Å². The maximum Gasteiger partial charge on any atom is 0.0346 e. The highest BCUT2D eigenvalue weighted by Crippen LogP contribution is 2.14. The molecule has 0 aliphatic heterocycles. The first-order valence-electron chi connectivity index (χ1n) is 5.79. The van der Waals surface area contributed by atoms with E-state index in [1.54, 1.807) is 0 Å². The Kier molecular flexibility index (Phi) is 3.52. The van der Waals surface area contributed by atoms with Crippen LogP contribution in [0.2, 0.25) is 0 Å². The van der Waals surface area contributed by atoms with E-state index in [-0.39, 0.29) is 0 Å². The summed E-state index contributed by atoms with van der Waals surface area (Å²) in [5.41, 5.74) is 1.33. The summed E-state index contributed by atoms with van der Waals surface area (Å²) in [6.45, 7) is 6.45. The van der Waals surface area contributed by atoms with Crippen LogP contribution < -0.4 is 5.32 Å². The van der Waals surface area contributed by atoms with E-state index in [2.05, 4.69) is 48.4 Å². The lowest BCUT2D eigenvalue weighted by molar-refractivity contribution is 0.552. The fourth-order valence-electron chi connectivity index (χ4n) is 1.75. The van der Waals surface area contributed by atoms with Crippen LogP contribution in [0, 0.1) is 5.92 Å². The highest BCUT2D eigenvalue weighted by molar-refractivity contribution is 5.81. The predicted molar refractivity (Wildman–Crippen MR) is 68.3 cm³/mol. The second-order valence-electron chi connectivity index (χ2n) is 4.58. The molecule has 0 saturated heterocycles. The van der Waals surface area contributed by atoms with Gasteiger partial charge in [-0.15, -0.1) is 0 Å². The summed E-state index contributed by atoms with van der Waals surface area (Å²) in [7, 11) is 0. The number of benzene rings is 1. The first-order chi connectivity index (χ1) is 7.75. The van der Waals surface area contributed by atoms with Crippen molar-refractivity contribution in [2.45, 2.75) is 20.4 Å². The Balaban J connectivity index is 2.08. The number of hydrogen-bond donors (Lipinski definition) is 1. The van der Waals surface area contributed by atoms with Gasteiger partial charge in [-0.25, -0.2) is 0 Å². The number of nitrogens with one attached hydrogen (secondary N) is 1. The summed E-state index contributed by atoms with van der Waals surface area (Å²) in [4.78, 5) is 4.11. The molecule has 2 heteroatoms. The predicted octanol–water partition coefficient (Wildman–Crippen LogP) is 2.98. The molecule has 0 amide bonds. The third kappa shape index (κ3) is 2.80. The van der Waals surface area contributed by atoms with E-state index in [4.69, 9.17) is 0 Å². The molecule has 2 aromatic rings. The maximum atomic E-state index is 4.11. The van der Waals surface area contributed by atoms with Crippen molar-refractivity contribution < 1.29 is 0 Å². The van der Waals surface area contributed by atoms with Crippen molar-refractivity contribution in [3.63, 3.8) is 0 Å².